The van der Waals surface area contributed by atoms with E-state index in [1.807, 2.05) is 0 Å². The van der Waals surface area contributed by atoms with Crippen molar-refractivity contribution in [1.29, 1.82) is 0 Å². The standard InChI is InChI=1S/C19H23F3N2O2/c20-19(21,22)15-10-24(9-13-3-1-2-4-14(13)15)16(25)17-5-7-18(11-23,8-6-17)26-12-17/h1-4,15H,5-12,23H2. The summed E-state index contributed by atoms with van der Waals surface area (Å²) < 4.78 is 46.7. The van der Waals surface area contributed by atoms with Gasteiger partial charge in [0.1, 0.15) is 0 Å². The Kier molecular flexibility index (Phi) is 4.08. The molecule has 0 radical (unpaired) electrons. The van der Waals surface area contributed by atoms with Crippen LogP contribution >= 0.6 is 0 Å². The predicted octanol–water partition coefficient (Wildman–Crippen LogP) is 2.96. The number of carbonyl (C=O) groups excluding carboxylic acids is 1. The second-order valence-electron chi connectivity index (χ2n) is 7.93. The van der Waals surface area contributed by atoms with Crippen LogP contribution in [0.15, 0.2) is 24.3 Å². The summed E-state index contributed by atoms with van der Waals surface area (Å²) in [4.78, 5) is 14.6. The molecule has 1 aromatic carbocycles. The van der Waals surface area contributed by atoms with Gasteiger partial charge in [-0.3, -0.25) is 4.79 Å². The van der Waals surface area contributed by atoms with Crippen LogP contribution in [0.25, 0.3) is 0 Å². The summed E-state index contributed by atoms with van der Waals surface area (Å²) in [5.74, 6) is -1.84. The molecule has 2 saturated heterocycles. The van der Waals surface area contributed by atoms with Gasteiger partial charge in [-0.15, -0.1) is 0 Å². The number of halogens is 3. The number of nitrogens with two attached hydrogens (primary N) is 1. The van der Waals surface area contributed by atoms with Crippen LogP contribution in [0.3, 0.4) is 0 Å². The molecular weight excluding hydrogens is 345 g/mol. The molecule has 1 unspecified atom stereocenters. The van der Waals surface area contributed by atoms with Crippen LogP contribution in [0, 0.1) is 5.41 Å². The first-order valence-corrected chi connectivity index (χ1v) is 9.07. The lowest BCUT2D eigenvalue weighted by Gasteiger charge is -2.53. The molecule has 1 atom stereocenters. The molecule has 0 spiro atoms. The van der Waals surface area contributed by atoms with Crippen LogP contribution in [-0.2, 0) is 16.1 Å². The van der Waals surface area contributed by atoms with Gasteiger partial charge in [-0.2, -0.15) is 13.2 Å². The molecule has 4 nitrogen and oxygen atoms in total. The van der Waals surface area contributed by atoms with Gasteiger partial charge in [0.05, 0.1) is 23.5 Å². The molecule has 4 aliphatic rings. The van der Waals surface area contributed by atoms with Crippen molar-refractivity contribution in [2.75, 3.05) is 19.7 Å². The van der Waals surface area contributed by atoms with Gasteiger partial charge in [-0.1, -0.05) is 24.3 Å². The van der Waals surface area contributed by atoms with Gasteiger partial charge in [0.25, 0.3) is 0 Å². The third-order valence-electron chi connectivity index (χ3n) is 6.48. The highest BCUT2D eigenvalue weighted by atomic mass is 19.4. The molecule has 142 valence electrons. The van der Waals surface area contributed by atoms with Gasteiger partial charge in [-0.25, -0.2) is 0 Å². The summed E-state index contributed by atoms with van der Waals surface area (Å²) in [6.45, 7) is 0.594. The Balaban J connectivity index is 1.60. The molecule has 3 aliphatic heterocycles. The first-order chi connectivity index (χ1) is 12.3. The third kappa shape index (κ3) is 2.72. The second kappa shape index (κ2) is 5.96. The van der Waals surface area contributed by atoms with E-state index in [0.717, 1.165) is 0 Å². The van der Waals surface area contributed by atoms with Gasteiger partial charge in [0.15, 0.2) is 0 Å². The predicted molar refractivity (Wildman–Crippen MR) is 89.3 cm³/mol. The Morgan fingerprint density at radius 2 is 1.92 bits per heavy atom. The van der Waals surface area contributed by atoms with Crippen molar-refractivity contribution >= 4 is 5.91 Å². The Labute approximate surface area is 150 Å². The Morgan fingerprint density at radius 3 is 2.50 bits per heavy atom. The lowest BCUT2D eigenvalue weighted by molar-refractivity contribution is -0.197. The van der Waals surface area contributed by atoms with E-state index in [9.17, 15) is 18.0 Å². The Morgan fingerprint density at radius 1 is 1.23 bits per heavy atom. The number of amides is 1. The highest BCUT2D eigenvalue weighted by molar-refractivity contribution is 5.83. The van der Waals surface area contributed by atoms with Crippen LogP contribution < -0.4 is 5.73 Å². The summed E-state index contributed by atoms with van der Waals surface area (Å²) >= 11 is 0. The average Bonchev–Trinajstić information content (AvgIpc) is 2.67. The van der Waals surface area contributed by atoms with E-state index in [1.54, 1.807) is 18.2 Å². The summed E-state index contributed by atoms with van der Waals surface area (Å²) in [6.07, 6.45) is -1.71. The minimum Gasteiger partial charge on any atom is -0.373 e. The van der Waals surface area contributed by atoms with E-state index in [4.69, 9.17) is 10.5 Å². The molecular formula is C19H23F3N2O2. The first-order valence-electron chi connectivity index (χ1n) is 9.07. The number of alkyl halides is 3. The minimum atomic E-state index is -4.38. The molecule has 2 bridgehead atoms. The highest BCUT2D eigenvalue weighted by Crippen LogP contribution is 2.50. The molecule has 7 heteroatoms. The molecule has 2 N–H and O–H groups in total. The molecule has 1 aliphatic carbocycles. The largest absolute Gasteiger partial charge is 0.397 e. The molecule has 3 fully saturated rings. The number of benzene rings is 1. The van der Waals surface area contributed by atoms with Crippen molar-refractivity contribution in [3.8, 4) is 0 Å². The fourth-order valence-corrected chi connectivity index (χ4v) is 4.68. The third-order valence-corrected chi connectivity index (χ3v) is 6.48. The summed E-state index contributed by atoms with van der Waals surface area (Å²) in [7, 11) is 0. The van der Waals surface area contributed by atoms with Crippen molar-refractivity contribution in [3.63, 3.8) is 0 Å². The number of hydrogen-bond acceptors (Lipinski definition) is 3. The lowest BCUT2D eigenvalue weighted by Crippen LogP contribution is -2.60. The zero-order chi connectivity index (χ0) is 18.6. The van der Waals surface area contributed by atoms with Gasteiger partial charge < -0.3 is 15.4 Å². The van der Waals surface area contributed by atoms with Crippen molar-refractivity contribution in [1.82, 2.24) is 4.90 Å². The number of rotatable bonds is 2. The van der Waals surface area contributed by atoms with E-state index in [-0.39, 0.29) is 36.8 Å². The van der Waals surface area contributed by atoms with Gasteiger partial charge >= 0.3 is 6.18 Å². The van der Waals surface area contributed by atoms with Crippen LogP contribution in [0.4, 0.5) is 13.2 Å². The van der Waals surface area contributed by atoms with Crippen LogP contribution in [0.5, 0.6) is 0 Å². The zero-order valence-electron chi connectivity index (χ0n) is 14.5. The highest BCUT2D eigenvalue weighted by Gasteiger charge is 2.55. The number of fused-ring (bicyclic) bond motifs is 4. The number of carbonyl (C=O) groups is 1. The number of nitrogens with zero attached hydrogens (tertiary/aromatic N) is 1. The van der Waals surface area contributed by atoms with E-state index >= 15 is 0 Å². The lowest BCUT2D eigenvalue weighted by atomic mass is 9.65. The minimum absolute atomic E-state index is 0.202. The van der Waals surface area contributed by atoms with Crippen molar-refractivity contribution in [2.45, 2.75) is 49.9 Å². The van der Waals surface area contributed by atoms with Gasteiger partial charge in [0.2, 0.25) is 5.91 Å². The average molecular weight is 368 g/mol. The summed E-state index contributed by atoms with van der Waals surface area (Å²) in [5, 5.41) is 0. The van der Waals surface area contributed by atoms with Gasteiger partial charge in [-0.05, 0) is 36.8 Å². The number of hydrogen-bond donors (Lipinski definition) is 1. The maximum absolute atomic E-state index is 13.6. The smallest absolute Gasteiger partial charge is 0.373 e. The molecule has 26 heavy (non-hydrogen) atoms. The SMILES string of the molecule is NCC12CCC(C(=O)N3Cc4ccccc4C(C(F)(F)F)C3)(CC1)CO2. The van der Waals surface area contributed by atoms with E-state index < -0.39 is 17.5 Å². The summed E-state index contributed by atoms with van der Waals surface area (Å²) in [6, 6.07) is 6.55. The monoisotopic (exact) mass is 368 g/mol. The van der Waals surface area contributed by atoms with E-state index in [0.29, 0.717) is 37.8 Å². The maximum Gasteiger partial charge on any atom is 0.397 e. The Hall–Kier alpha value is -1.60. The zero-order valence-corrected chi connectivity index (χ0v) is 14.5. The van der Waals surface area contributed by atoms with Gasteiger partial charge in [0, 0.05) is 19.6 Å². The molecule has 1 amide bonds. The fraction of sp³-hybridized carbons (Fsp3) is 0.632. The van der Waals surface area contributed by atoms with Crippen LogP contribution in [0.1, 0.15) is 42.7 Å². The first kappa shape index (κ1) is 17.8. The normalized spacial score (nSPS) is 33.8. The quantitative estimate of drug-likeness (QED) is 0.873. The van der Waals surface area contributed by atoms with E-state index in [1.165, 1.54) is 11.0 Å². The van der Waals surface area contributed by atoms with Crippen molar-refractivity contribution < 1.29 is 22.7 Å². The maximum atomic E-state index is 13.6. The fourth-order valence-electron chi connectivity index (χ4n) is 4.68. The molecule has 1 saturated carbocycles. The molecule has 0 aromatic heterocycles. The van der Waals surface area contributed by atoms with Crippen molar-refractivity contribution in [3.05, 3.63) is 35.4 Å². The Bertz CT molecular complexity index is 694. The van der Waals surface area contributed by atoms with Crippen molar-refractivity contribution in [2.24, 2.45) is 11.1 Å². The second-order valence-corrected chi connectivity index (χ2v) is 7.93. The topological polar surface area (TPSA) is 55.6 Å². The van der Waals surface area contributed by atoms with Crippen LogP contribution in [-0.4, -0.2) is 42.3 Å². The number of ether oxygens (including phenoxy) is 1. The summed E-state index contributed by atoms with van der Waals surface area (Å²) in [5.41, 5.74) is 5.63. The molecule has 1 aromatic rings. The van der Waals surface area contributed by atoms with E-state index in [2.05, 4.69) is 0 Å². The molecule has 5 rings (SSSR count). The molecule has 3 heterocycles. The van der Waals surface area contributed by atoms with Crippen LogP contribution in [0.2, 0.25) is 0 Å².